The molecule has 8 nitrogen and oxygen atoms in total. The molecule has 0 unspecified atom stereocenters. The molecule has 0 atom stereocenters. The lowest BCUT2D eigenvalue weighted by Gasteiger charge is -2.31. The molecule has 11 aromatic rings. The normalized spacial score (nSPS) is 13.9. The fourth-order valence-corrected chi connectivity index (χ4v) is 14.9. The largest absolute Gasteiger partial charge is 0.340 e. The van der Waals surface area contributed by atoms with Gasteiger partial charge in [0.1, 0.15) is 0 Å². The molecule has 0 N–H and O–H groups in total. The molecule has 2 aromatic heterocycles. The van der Waals surface area contributed by atoms with Crippen LogP contribution >= 0.6 is 110 Å². The van der Waals surface area contributed by atoms with Crippen molar-refractivity contribution in [2.45, 2.75) is 64.5 Å². The van der Waals surface area contributed by atoms with Crippen molar-refractivity contribution in [3.63, 3.8) is 0 Å². The molecule has 2 aliphatic rings. The molecule has 0 radical (unpaired) electrons. The van der Waals surface area contributed by atoms with Crippen molar-refractivity contribution in [1.82, 2.24) is 18.9 Å². The Hall–Kier alpha value is -4.76. The molecule has 0 bridgehead atoms. The van der Waals surface area contributed by atoms with E-state index in [2.05, 4.69) is 146 Å². The van der Waals surface area contributed by atoms with Crippen LogP contribution in [0.25, 0.3) is 86.7 Å². The minimum absolute atomic E-state index is 0.210. The third-order valence-corrected chi connectivity index (χ3v) is 18.8. The Labute approximate surface area is 488 Å². The maximum atomic E-state index is 14.5. The topological polar surface area (TPSA) is 84.6 Å². The van der Waals surface area contributed by atoms with Gasteiger partial charge in [-0.2, -0.15) is 0 Å². The van der Waals surface area contributed by atoms with E-state index in [-0.39, 0.29) is 55.4 Å². The number of fused-ring (bicyclic) bond motifs is 8. The molecule has 9 aromatic carbocycles. The lowest BCUT2D eigenvalue weighted by atomic mass is 9.82. The van der Waals surface area contributed by atoms with Crippen LogP contribution in [0.3, 0.4) is 0 Å². The third-order valence-electron chi connectivity index (χ3n) is 15.6. The molecule has 76 heavy (non-hydrogen) atoms. The number of imide groups is 2. The summed E-state index contributed by atoms with van der Waals surface area (Å²) in [6.45, 7) is 2.07. The lowest BCUT2D eigenvalue weighted by molar-refractivity contribution is 0.0592. The quantitative estimate of drug-likeness (QED) is 0.0470. The summed E-state index contributed by atoms with van der Waals surface area (Å²) in [5.41, 5.74) is 5.75. The van der Waals surface area contributed by atoms with Gasteiger partial charge in [-0.25, -0.2) is 0 Å². The van der Waals surface area contributed by atoms with E-state index in [1.165, 1.54) is 31.3 Å². The SMILES string of the molecule is O=C1c2cc(Cl)c3c4c(Cl)cc5c6c(cc(Cl)c(c7c(Cl)cc(c2c37)C(=O)N1CCCCCCn1c2cc(Br)ccc2c2ccc(Br)cc21)c64)C(=O)N(CCCCCCn1c2cc(Br)ccc2c2ccc(Br)cc21)C5=O. The highest BCUT2D eigenvalue weighted by Crippen LogP contribution is 2.54. The van der Waals surface area contributed by atoms with Gasteiger partial charge >= 0.3 is 0 Å². The first-order chi connectivity index (χ1) is 36.7. The summed E-state index contributed by atoms with van der Waals surface area (Å²) in [6.07, 6.45) is 6.43. The van der Waals surface area contributed by atoms with Crippen molar-refractivity contribution in [3.05, 3.63) is 157 Å². The van der Waals surface area contributed by atoms with E-state index in [9.17, 15) is 19.2 Å². The fourth-order valence-electron chi connectivity index (χ4n) is 12.3. The van der Waals surface area contributed by atoms with Gasteiger partial charge in [0.25, 0.3) is 23.6 Å². The first kappa shape index (κ1) is 50.7. The van der Waals surface area contributed by atoms with Crippen LogP contribution in [0.2, 0.25) is 20.1 Å². The summed E-state index contributed by atoms with van der Waals surface area (Å²) in [5.74, 6) is -1.80. The van der Waals surface area contributed by atoms with Gasteiger partial charge in [0.2, 0.25) is 0 Å². The first-order valence-electron chi connectivity index (χ1n) is 25.1. The van der Waals surface area contributed by atoms with Crippen LogP contribution in [-0.2, 0) is 13.1 Å². The van der Waals surface area contributed by atoms with Crippen LogP contribution < -0.4 is 0 Å². The molecule has 2 aliphatic heterocycles. The number of hydrogen-bond acceptors (Lipinski definition) is 4. The van der Waals surface area contributed by atoms with Crippen LogP contribution in [0.1, 0.15) is 92.8 Å². The molecule has 4 amide bonds. The van der Waals surface area contributed by atoms with Gasteiger partial charge < -0.3 is 9.13 Å². The van der Waals surface area contributed by atoms with Gasteiger partial charge in [0.05, 0.1) is 44.3 Å². The van der Waals surface area contributed by atoms with Crippen LogP contribution in [0, 0.1) is 0 Å². The lowest BCUT2D eigenvalue weighted by Crippen LogP contribution is -2.41. The number of carbonyl (C=O) groups is 4. The Kier molecular flexibility index (Phi) is 13.0. The Morgan fingerprint density at radius 3 is 0.816 bits per heavy atom. The van der Waals surface area contributed by atoms with Crippen molar-refractivity contribution in [2.24, 2.45) is 0 Å². The second kappa shape index (κ2) is 19.6. The van der Waals surface area contributed by atoms with E-state index in [1.54, 1.807) is 24.3 Å². The maximum absolute atomic E-state index is 14.5. The smallest absolute Gasteiger partial charge is 0.261 e. The summed E-state index contributed by atoms with van der Waals surface area (Å²) in [5, 5.41) is 9.25. The number of aromatic nitrogens is 2. The zero-order chi connectivity index (χ0) is 52.6. The Bertz CT molecular complexity index is 3890. The highest BCUT2D eigenvalue weighted by atomic mass is 79.9. The molecule has 16 heteroatoms. The molecule has 0 saturated heterocycles. The Morgan fingerprint density at radius 2 is 0.553 bits per heavy atom. The number of halogens is 8. The van der Waals surface area contributed by atoms with E-state index < -0.39 is 23.6 Å². The molecule has 13 rings (SSSR count). The molecule has 4 heterocycles. The number of unbranched alkanes of at least 4 members (excludes halogenated alkanes) is 6. The number of amides is 4. The predicted molar refractivity (Wildman–Crippen MR) is 325 cm³/mol. The number of aryl methyl sites for hydroxylation is 2. The summed E-state index contributed by atoms with van der Waals surface area (Å²) < 4.78 is 8.80. The van der Waals surface area contributed by atoms with E-state index >= 15 is 0 Å². The zero-order valence-corrected chi connectivity index (χ0v) is 49.5. The standard InChI is InChI=1S/C60H40Br4Cl4N4O4/c61-29-9-13-33-34-14-10-30(62)22-46(34)69(45(33)21-29)17-5-1-3-7-19-71-57(73)37-25-41(65)51-53-43(67)27-39-50-40(28-44(68)54(56(50)53)52-42(66)26-38(58(71)74)49(37)55(51)52)60(76)72(59(39)75)20-8-4-2-6-18-70-47-23-31(63)11-15-35(47)36-16-12-32(64)24-48(36)70/h9-16,21-28H,1-8,17-20H2. The van der Waals surface area contributed by atoms with Crippen LogP contribution in [0.15, 0.2) is 115 Å². The van der Waals surface area contributed by atoms with E-state index in [0.717, 1.165) is 91.6 Å². The van der Waals surface area contributed by atoms with E-state index in [0.29, 0.717) is 55.9 Å². The second-order valence-corrected chi connectivity index (χ2v) is 25.2. The predicted octanol–water partition coefficient (Wildman–Crippen LogP) is 19.3. The van der Waals surface area contributed by atoms with Crippen LogP contribution in [-0.4, -0.2) is 55.7 Å². The van der Waals surface area contributed by atoms with Crippen molar-refractivity contribution in [3.8, 4) is 0 Å². The van der Waals surface area contributed by atoms with Gasteiger partial charge in [-0.15, -0.1) is 0 Å². The average Bonchev–Trinajstić information content (AvgIpc) is 3.87. The van der Waals surface area contributed by atoms with Crippen LogP contribution in [0.4, 0.5) is 0 Å². The first-order valence-corrected chi connectivity index (χ1v) is 29.8. The second-order valence-electron chi connectivity index (χ2n) is 19.9. The van der Waals surface area contributed by atoms with Gasteiger partial charge in [0, 0.05) is 129 Å². The summed E-state index contributed by atoms with van der Waals surface area (Å²) >= 11 is 43.7. The summed E-state index contributed by atoms with van der Waals surface area (Å²) in [4.78, 5) is 60.7. The zero-order valence-electron chi connectivity index (χ0n) is 40.2. The van der Waals surface area contributed by atoms with Crippen molar-refractivity contribution >= 4 is 220 Å². The Morgan fingerprint density at radius 1 is 0.303 bits per heavy atom. The number of carbonyl (C=O) groups excluding carboxylic acids is 4. The maximum Gasteiger partial charge on any atom is 0.261 e. The van der Waals surface area contributed by atoms with E-state index in [4.69, 9.17) is 46.4 Å². The summed E-state index contributed by atoms with van der Waals surface area (Å²) in [6, 6.07) is 31.9. The summed E-state index contributed by atoms with van der Waals surface area (Å²) in [7, 11) is 0. The third kappa shape index (κ3) is 7.96. The van der Waals surface area contributed by atoms with Gasteiger partial charge in [-0.05, 0) is 98.5 Å². The van der Waals surface area contributed by atoms with Gasteiger partial charge in [0.15, 0.2) is 0 Å². The van der Waals surface area contributed by atoms with Crippen molar-refractivity contribution in [1.29, 1.82) is 0 Å². The van der Waals surface area contributed by atoms with Crippen molar-refractivity contribution in [2.75, 3.05) is 13.1 Å². The van der Waals surface area contributed by atoms with Crippen LogP contribution in [0.5, 0.6) is 0 Å². The number of benzene rings is 9. The minimum Gasteiger partial charge on any atom is -0.340 e. The highest BCUT2D eigenvalue weighted by molar-refractivity contribution is 9.11. The molecule has 380 valence electrons. The minimum atomic E-state index is -0.449. The molecule has 0 saturated carbocycles. The monoisotopic (exact) mass is 1340 g/mol. The highest BCUT2D eigenvalue weighted by Gasteiger charge is 2.39. The van der Waals surface area contributed by atoms with Gasteiger partial charge in [-0.1, -0.05) is 160 Å². The Balaban J connectivity index is 0.748. The molecule has 0 aliphatic carbocycles. The molecule has 0 fully saturated rings. The number of hydrogen-bond donors (Lipinski definition) is 0. The molecular weight excluding hydrogens is 1300 g/mol. The average molecular weight is 1340 g/mol. The van der Waals surface area contributed by atoms with Crippen molar-refractivity contribution < 1.29 is 19.2 Å². The molecule has 0 spiro atoms. The fraction of sp³-hybridized carbons (Fsp3) is 0.200. The van der Waals surface area contributed by atoms with E-state index in [1.807, 2.05) is 0 Å². The molecular formula is C60H40Br4Cl4N4O4. The van der Waals surface area contributed by atoms with Gasteiger partial charge in [-0.3, -0.25) is 29.0 Å². The number of nitrogens with zero attached hydrogens (tertiary/aromatic N) is 4. The number of rotatable bonds is 14.